The van der Waals surface area contributed by atoms with E-state index in [2.05, 4.69) is 107 Å². The van der Waals surface area contributed by atoms with E-state index >= 15 is 0 Å². The molecule has 0 saturated heterocycles. The maximum absolute atomic E-state index is 12.4. The Balaban J connectivity index is 0.00000161. The Morgan fingerprint density at radius 3 is 0.846 bits per heavy atom. The summed E-state index contributed by atoms with van der Waals surface area (Å²) in [4.78, 5) is 0. The Morgan fingerprint density at radius 2 is 0.600 bits per heavy atom. The molecule has 2 aromatic carbocycles. The van der Waals surface area contributed by atoms with E-state index in [1.54, 1.807) is 15.8 Å². The number of benzene rings is 2. The second-order valence-corrected chi connectivity index (χ2v) is 19.2. The molecule has 0 unspecified atom stereocenters. The molecule has 0 saturated carbocycles. The van der Waals surface area contributed by atoms with Crippen molar-refractivity contribution in [1.82, 2.24) is 0 Å². The van der Waals surface area contributed by atoms with Crippen molar-refractivity contribution < 1.29 is 21.2 Å². The van der Waals surface area contributed by atoms with Crippen molar-refractivity contribution in [2.75, 3.05) is 0 Å². The summed E-state index contributed by atoms with van der Waals surface area (Å²) >= 11 is 0. The smallest absolute Gasteiger partial charge is 0.493 e. The van der Waals surface area contributed by atoms with Crippen LogP contribution in [0.3, 0.4) is 0 Å². The topological polar surface area (TPSA) is 25.3 Å². The van der Waals surface area contributed by atoms with E-state index in [0.717, 1.165) is 127 Å². The van der Waals surface area contributed by atoms with Gasteiger partial charge in [0.25, 0.3) is 0 Å². The molecular weight excluding hydrogens is 831 g/mol. The van der Waals surface area contributed by atoms with Crippen LogP contribution in [-0.2, 0) is 55.0 Å². The largest absolute Gasteiger partial charge is 2.00 e. The van der Waals surface area contributed by atoms with Crippen LogP contribution in [0.25, 0.3) is 16.9 Å². The SMILES string of the molecule is CCCCC1=C(c2cc(CCC)c(CCC)c(CCC)c2)[N+](=[N-])C(c2cc(CCC)c(CCC)c(CCC)c2)=C1CCCC.[CH2-]CCCCCCCCC.[CH2-]CCCCCCCCC.[Ni+2]. The van der Waals surface area contributed by atoms with Crippen molar-refractivity contribution in [3.8, 4) is 0 Å². The molecule has 0 fully saturated rings. The van der Waals surface area contributed by atoms with Crippen molar-refractivity contribution in [2.45, 2.75) is 288 Å². The standard InChI is InChI=1S/C42H64N2.2C10H21.Ni/c1-9-17-25-39-40(26-18-10-2)42(36-29-33(21-13-5)38(24-16-8)34(30-36)22-14-6)44(43)41(39)35-27-31(19-11-3)37(23-15-7)32(28-35)20-12-4;2*1-3-5-7-9-10-8-6-4-2;/h27-30H,9-26H2,1-8H3;2*1,3-10H2,2H3;/q;2*-1;+2. The third-order valence-electron chi connectivity index (χ3n) is 13.1. The Kier molecular flexibility index (Phi) is 39.8. The van der Waals surface area contributed by atoms with Crippen LogP contribution in [-0.4, -0.2) is 4.70 Å². The minimum absolute atomic E-state index is 0. The molecule has 2 aromatic rings. The van der Waals surface area contributed by atoms with Gasteiger partial charge in [0.05, 0.1) is 0 Å². The number of hydrogen-bond donors (Lipinski definition) is 0. The van der Waals surface area contributed by atoms with Gasteiger partial charge >= 0.3 is 16.5 Å². The van der Waals surface area contributed by atoms with E-state index < -0.39 is 0 Å². The fourth-order valence-corrected chi connectivity index (χ4v) is 9.74. The number of nitrogens with zero attached hydrogens (tertiary/aromatic N) is 2. The summed E-state index contributed by atoms with van der Waals surface area (Å²) in [6.45, 7) is 30.6. The third-order valence-corrected chi connectivity index (χ3v) is 13.1. The zero-order valence-corrected chi connectivity index (χ0v) is 46.0. The molecule has 0 amide bonds. The molecule has 65 heavy (non-hydrogen) atoms. The molecule has 0 bridgehead atoms. The maximum atomic E-state index is 12.4. The number of hydrogen-bond acceptors (Lipinski definition) is 0. The van der Waals surface area contributed by atoms with Crippen molar-refractivity contribution in [1.29, 1.82) is 0 Å². The zero-order chi connectivity index (χ0) is 47.4. The second-order valence-electron chi connectivity index (χ2n) is 19.2. The fraction of sp³-hybridized carbons (Fsp3) is 0.710. The van der Waals surface area contributed by atoms with Gasteiger partial charge in [-0.2, -0.15) is 12.8 Å². The van der Waals surface area contributed by atoms with Crippen LogP contribution < -0.4 is 0 Å². The van der Waals surface area contributed by atoms with Gasteiger partial charge in [-0.05, 0) is 122 Å². The number of rotatable bonds is 34. The molecule has 0 aromatic heterocycles. The summed E-state index contributed by atoms with van der Waals surface area (Å²) < 4.78 is 1.65. The monoisotopic (exact) mass is 937 g/mol. The molecule has 3 heteroatoms. The number of allylic oxidation sites excluding steroid dienone is 2. The Hall–Kier alpha value is -1.99. The predicted octanol–water partition coefficient (Wildman–Crippen LogP) is 20.9. The first-order valence-corrected chi connectivity index (χ1v) is 28.1. The molecule has 1 aliphatic heterocycles. The Morgan fingerprint density at radius 1 is 0.338 bits per heavy atom. The van der Waals surface area contributed by atoms with Crippen LogP contribution >= 0.6 is 0 Å². The molecule has 1 heterocycles. The third kappa shape index (κ3) is 23.2. The van der Waals surface area contributed by atoms with Crippen LogP contribution in [0.15, 0.2) is 35.4 Å². The summed E-state index contributed by atoms with van der Waals surface area (Å²) in [6, 6.07) is 9.81. The summed E-state index contributed by atoms with van der Waals surface area (Å²) in [7, 11) is 0. The van der Waals surface area contributed by atoms with E-state index in [1.807, 2.05) is 0 Å². The summed E-state index contributed by atoms with van der Waals surface area (Å²) in [5.41, 5.74) is 28.9. The van der Waals surface area contributed by atoms with Crippen LogP contribution in [0.1, 0.15) is 294 Å². The van der Waals surface area contributed by atoms with E-state index in [1.165, 1.54) is 147 Å². The van der Waals surface area contributed by atoms with Crippen LogP contribution in [0, 0.1) is 13.8 Å². The molecular formula is C62H106N2Ni. The van der Waals surface area contributed by atoms with Gasteiger partial charge in [-0.3, -0.25) is 0 Å². The van der Waals surface area contributed by atoms with Crippen molar-refractivity contribution in [3.63, 3.8) is 0 Å². The molecule has 0 N–H and O–H groups in total. The summed E-state index contributed by atoms with van der Waals surface area (Å²) in [5.74, 6) is 0. The van der Waals surface area contributed by atoms with Crippen LogP contribution in [0.5, 0.6) is 0 Å². The molecule has 0 spiro atoms. The van der Waals surface area contributed by atoms with Crippen molar-refractivity contribution >= 4 is 11.4 Å². The molecule has 0 atom stereocenters. The first kappa shape index (κ1) is 63.0. The Bertz CT molecular complexity index is 1390. The van der Waals surface area contributed by atoms with E-state index in [0.29, 0.717) is 0 Å². The van der Waals surface area contributed by atoms with Crippen molar-refractivity contribution in [3.05, 3.63) is 99.3 Å². The summed E-state index contributed by atoms with van der Waals surface area (Å²) in [5, 5.41) is 0. The van der Waals surface area contributed by atoms with E-state index in [4.69, 9.17) is 0 Å². The van der Waals surface area contributed by atoms with E-state index in [9.17, 15) is 5.53 Å². The second kappa shape index (κ2) is 41.0. The zero-order valence-electron chi connectivity index (χ0n) is 45.0. The Labute approximate surface area is 417 Å². The maximum Gasteiger partial charge on any atom is 2.00 e. The predicted molar refractivity (Wildman–Crippen MR) is 289 cm³/mol. The van der Waals surface area contributed by atoms with Gasteiger partial charge in [0.1, 0.15) is 0 Å². The van der Waals surface area contributed by atoms with Gasteiger partial charge < -0.3 is 19.4 Å². The van der Waals surface area contributed by atoms with Gasteiger partial charge in [0.2, 0.25) is 11.4 Å². The molecule has 374 valence electrons. The average Bonchev–Trinajstić information content (AvgIpc) is 3.57. The average molecular weight is 938 g/mol. The van der Waals surface area contributed by atoms with Crippen LogP contribution in [0.2, 0.25) is 0 Å². The van der Waals surface area contributed by atoms with Gasteiger partial charge in [-0.25, -0.2) is 4.70 Å². The minimum Gasteiger partial charge on any atom is -0.493 e. The molecule has 3 rings (SSSR count). The number of aryl methyl sites for hydroxylation is 4. The normalized spacial score (nSPS) is 12.3. The van der Waals surface area contributed by atoms with Crippen LogP contribution in [0.4, 0.5) is 0 Å². The van der Waals surface area contributed by atoms with Gasteiger partial charge in [-0.15, -0.1) is 0 Å². The van der Waals surface area contributed by atoms with Gasteiger partial charge in [0.15, 0.2) is 0 Å². The van der Waals surface area contributed by atoms with Gasteiger partial charge in [-0.1, -0.05) is 210 Å². The van der Waals surface area contributed by atoms with Gasteiger partial charge in [0, 0.05) is 22.3 Å². The molecule has 1 aliphatic rings. The first-order chi connectivity index (χ1) is 31.3. The number of unbranched alkanes of at least 4 members (excludes halogenated alkanes) is 16. The first-order valence-electron chi connectivity index (χ1n) is 28.1. The summed E-state index contributed by atoms with van der Waals surface area (Å²) in [6.07, 6.45) is 42.1. The molecule has 2 nitrogen and oxygen atoms in total. The molecule has 0 aliphatic carbocycles. The van der Waals surface area contributed by atoms with E-state index in [-0.39, 0.29) is 16.5 Å². The quantitative estimate of drug-likeness (QED) is 0.0289. The molecule has 0 radical (unpaired) electrons. The van der Waals surface area contributed by atoms with Crippen molar-refractivity contribution in [2.24, 2.45) is 0 Å². The minimum atomic E-state index is 0. The fourth-order valence-electron chi connectivity index (χ4n) is 9.74.